The van der Waals surface area contributed by atoms with E-state index in [1.54, 1.807) is 0 Å². The van der Waals surface area contributed by atoms with Crippen LogP contribution in [0.15, 0.2) is 72.8 Å². The van der Waals surface area contributed by atoms with Gasteiger partial charge in [-0.05, 0) is 63.9 Å². The minimum Gasteiger partial charge on any atom is -0.337 e. The first-order valence-corrected chi connectivity index (χ1v) is 9.22. The van der Waals surface area contributed by atoms with E-state index in [4.69, 9.17) is 0 Å². The van der Waals surface area contributed by atoms with Crippen LogP contribution in [0.25, 0.3) is 44.2 Å². The summed E-state index contributed by atoms with van der Waals surface area (Å²) in [6.07, 6.45) is 1.95. The minimum absolute atomic E-state index is 0.523. The summed E-state index contributed by atoms with van der Waals surface area (Å²) in [7, 11) is 0. The molecule has 0 radical (unpaired) electrons. The van der Waals surface area contributed by atoms with E-state index >= 15 is 0 Å². The Hall–Kier alpha value is -3.90. The summed E-state index contributed by atoms with van der Waals surface area (Å²) in [5, 5.41) is 14.5. The van der Waals surface area contributed by atoms with Gasteiger partial charge in [0, 0.05) is 0 Å². The van der Waals surface area contributed by atoms with Crippen LogP contribution in [0.5, 0.6) is 0 Å². The number of nitrogens with zero attached hydrogens (tertiary/aromatic N) is 2. The molecule has 3 heteroatoms. The number of aromatic nitrogens is 2. The predicted molar refractivity (Wildman–Crippen MR) is 116 cm³/mol. The first-order valence-electron chi connectivity index (χ1n) is 9.22. The number of allylic oxidation sites excluding steroid dienone is 1. The summed E-state index contributed by atoms with van der Waals surface area (Å²) in [6, 6.07) is 27.1. The molecule has 0 unspecified atom stereocenters. The summed E-state index contributed by atoms with van der Waals surface area (Å²) in [4.78, 5) is 7.94. The SMILES string of the molecule is Cc1ccc2nc(/C(C#N)=C/c3c4ccccc4cc4ccccc34)[nH]c2c1. The van der Waals surface area contributed by atoms with E-state index in [-0.39, 0.29) is 0 Å². The molecule has 0 saturated carbocycles. The van der Waals surface area contributed by atoms with Gasteiger partial charge in [0.05, 0.1) is 16.6 Å². The lowest BCUT2D eigenvalue weighted by Gasteiger charge is -2.08. The number of aromatic amines is 1. The molecule has 0 aliphatic carbocycles. The molecule has 0 aliphatic rings. The number of rotatable bonds is 2. The molecular weight excluding hydrogens is 342 g/mol. The molecule has 0 atom stereocenters. The second-order valence-corrected chi connectivity index (χ2v) is 7.01. The number of H-pyrrole nitrogens is 1. The third-order valence-electron chi connectivity index (χ3n) is 5.11. The van der Waals surface area contributed by atoms with Crippen molar-refractivity contribution in [2.75, 3.05) is 0 Å². The molecule has 0 bridgehead atoms. The first-order chi connectivity index (χ1) is 13.7. The van der Waals surface area contributed by atoms with Gasteiger partial charge in [-0.25, -0.2) is 4.98 Å². The van der Waals surface area contributed by atoms with Crippen LogP contribution >= 0.6 is 0 Å². The average Bonchev–Trinajstić information content (AvgIpc) is 3.14. The molecule has 3 nitrogen and oxygen atoms in total. The Labute approximate surface area is 162 Å². The molecule has 5 aromatic rings. The zero-order valence-electron chi connectivity index (χ0n) is 15.4. The van der Waals surface area contributed by atoms with Gasteiger partial charge < -0.3 is 4.98 Å². The van der Waals surface area contributed by atoms with Gasteiger partial charge >= 0.3 is 0 Å². The summed E-state index contributed by atoms with van der Waals surface area (Å²) >= 11 is 0. The molecule has 1 heterocycles. The highest BCUT2D eigenvalue weighted by molar-refractivity contribution is 6.10. The molecule has 4 aromatic carbocycles. The highest BCUT2D eigenvalue weighted by Gasteiger charge is 2.11. The monoisotopic (exact) mass is 359 g/mol. The van der Waals surface area contributed by atoms with Crippen molar-refractivity contribution in [1.29, 1.82) is 5.26 Å². The Bertz CT molecular complexity index is 1380. The summed E-state index contributed by atoms with van der Waals surface area (Å²) in [5.41, 5.74) is 4.53. The highest BCUT2D eigenvalue weighted by Crippen LogP contribution is 2.31. The molecule has 5 rings (SSSR count). The van der Waals surface area contributed by atoms with E-state index in [1.165, 1.54) is 0 Å². The number of fused-ring (bicyclic) bond motifs is 3. The number of imidazole rings is 1. The molecule has 28 heavy (non-hydrogen) atoms. The number of nitrogens with one attached hydrogen (secondary N) is 1. The zero-order chi connectivity index (χ0) is 19.1. The fourth-order valence-electron chi connectivity index (χ4n) is 3.75. The van der Waals surface area contributed by atoms with Crippen LogP contribution in [0.2, 0.25) is 0 Å². The van der Waals surface area contributed by atoms with Crippen LogP contribution in [-0.4, -0.2) is 9.97 Å². The Morgan fingerprint density at radius 2 is 1.61 bits per heavy atom. The quantitative estimate of drug-likeness (QED) is 0.299. The average molecular weight is 359 g/mol. The van der Waals surface area contributed by atoms with Gasteiger partial charge in [-0.15, -0.1) is 0 Å². The second kappa shape index (κ2) is 6.37. The Balaban J connectivity index is 1.79. The normalized spacial score (nSPS) is 11.9. The van der Waals surface area contributed by atoms with Crippen LogP contribution in [0.4, 0.5) is 0 Å². The smallest absolute Gasteiger partial charge is 0.149 e. The van der Waals surface area contributed by atoms with E-state index in [2.05, 4.69) is 46.4 Å². The van der Waals surface area contributed by atoms with Gasteiger partial charge in [0.1, 0.15) is 11.9 Å². The molecule has 0 spiro atoms. The molecule has 0 amide bonds. The van der Waals surface area contributed by atoms with Gasteiger partial charge in [0.25, 0.3) is 0 Å². The van der Waals surface area contributed by atoms with Gasteiger partial charge in [-0.2, -0.15) is 5.26 Å². The van der Waals surface area contributed by atoms with E-state index in [9.17, 15) is 5.26 Å². The molecule has 0 saturated heterocycles. The van der Waals surface area contributed by atoms with Gasteiger partial charge in [0.15, 0.2) is 0 Å². The number of aryl methyl sites for hydroxylation is 1. The van der Waals surface area contributed by atoms with Crippen molar-refractivity contribution in [2.45, 2.75) is 6.92 Å². The van der Waals surface area contributed by atoms with Gasteiger partial charge in [0.2, 0.25) is 0 Å². The Morgan fingerprint density at radius 1 is 0.929 bits per heavy atom. The lowest BCUT2D eigenvalue weighted by molar-refractivity contribution is 1.27. The van der Waals surface area contributed by atoms with Crippen molar-refractivity contribution in [1.82, 2.24) is 9.97 Å². The first kappa shape index (κ1) is 16.3. The van der Waals surface area contributed by atoms with Crippen LogP contribution < -0.4 is 0 Å². The zero-order valence-corrected chi connectivity index (χ0v) is 15.4. The van der Waals surface area contributed by atoms with E-state index in [0.29, 0.717) is 11.4 Å². The third-order valence-corrected chi connectivity index (χ3v) is 5.11. The van der Waals surface area contributed by atoms with E-state index in [1.807, 2.05) is 55.5 Å². The van der Waals surface area contributed by atoms with Crippen LogP contribution in [0.3, 0.4) is 0 Å². The standard InChI is InChI=1S/C25H17N3/c1-16-10-11-23-24(12-16)28-25(27-23)19(15-26)14-22-20-8-4-2-6-17(20)13-18-7-3-5-9-21(18)22/h2-14H,1H3,(H,27,28)/b19-14+. The van der Waals surface area contributed by atoms with E-state index < -0.39 is 0 Å². The summed E-state index contributed by atoms with van der Waals surface area (Å²) in [5.74, 6) is 0.597. The lowest BCUT2D eigenvalue weighted by Crippen LogP contribution is -1.88. The molecule has 0 aliphatic heterocycles. The fraction of sp³-hybridized carbons (Fsp3) is 0.0400. The maximum Gasteiger partial charge on any atom is 0.149 e. The van der Waals surface area contributed by atoms with Crippen LogP contribution in [-0.2, 0) is 0 Å². The molecule has 0 fully saturated rings. The maximum absolute atomic E-state index is 9.89. The van der Waals surface area contributed by atoms with Crippen molar-refractivity contribution < 1.29 is 0 Å². The van der Waals surface area contributed by atoms with E-state index in [0.717, 1.165) is 43.7 Å². The summed E-state index contributed by atoms with van der Waals surface area (Å²) < 4.78 is 0. The largest absolute Gasteiger partial charge is 0.337 e. The number of hydrogen-bond acceptors (Lipinski definition) is 2. The Kier molecular flexibility index (Phi) is 3.70. The highest BCUT2D eigenvalue weighted by atomic mass is 14.9. The number of nitriles is 1. The van der Waals surface area contributed by atoms with Crippen molar-refractivity contribution in [3.05, 3.63) is 89.7 Å². The second-order valence-electron chi connectivity index (χ2n) is 7.01. The number of hydrogen-bond donors (Lipinski definition) is 1. The fourth-order valence-corrected chi connectivity index (χ4v) is 3.75. The lowest BCUT2D eigenvalue weighted by atomic mass is 9.95. The molecule has 1 aromatic heterocycles. The molecular formula is C25H17N3. The van der Waals surface area contributed by atoms with Crippen LogP contribution in [0, 0.1) is 18.3 Å². The van der Waals surface area contributed by atoms with Crippen molar-refractivity contribution in [3.8, 4) is 6.07 Å². The Morgan fingerprint density at radius 3 is 2.29 bits per heavy atom. The molecule has 132 valence electrons. The minimum atomic E-state index is 0.523. The molecule has 1 N–H and O–H groups in total. The van der Waals surface area contributed by atoms with Crippen LogP contribution in [0.1, 0.15) is 17.0 Å². The maximum atomic E-state index is 9.89. The van der Waals surface area contributed by atoms with Gasteiger partial charge in [-0.1, -0.05) is 54.6 Å². The van der Waals surface area contributed by atoms with Crippen molar-refractivity contribution >= 4 is 44.2 Å². The third kappa shape index (κ3) is 2.64. The van der Waals surface area contributed by atoms with Crippen molar-refractivity contribution in [3.63, 3.8) is 0 Å². The topological polar surface area (TPSA) is 52.5 Å². The number of benzene rings is 4. The predicted octanol–water partition coefficient (Wildman–Crippen LogP) is 6.24. The van der Waals surface area contributed by atoms with Crippen molar-refractivity contribution in [2.24, 2.45) is 0 Å². The summed E-state index contributed by atoms with van der Waals surface area (Å²) in [6.45, 7) is 2.04. The van der Waals surface area contributed by atoms with Gasteiger partial charge in [-0.3, -0.25) is 0 Å².